The first kappa shape index (κ1) is 10.5. The molecule has 0 bridgehead atoms. The number of ether oxygens (including phenoxy) is 1. The Morgan fingerprint density at radius 3 is 2.29 bits per heavy atom. The predicted octanol–water partition coefficient (Wildman–Crippen LogP) is 2.57. The molecule has 1 aromatic carbocycles. The van der Waals surface area contributed by atoms with E-state index in [1.807, 2.05) is 38.1 Å². The van der Waals surface area contributed by atoms with E-state index in [4.69, 9.17) is 0 Å². The molecule has 0 aliphatic heterocycles. The van der Waals surface area contributed by atoms with Gasteiger partial charge < -0.3 is 4.74 Å². The summed E-state index contributed by atoms with van der Waals surface area (Å²) in [4.78, 5) is 11.3. The summed E-state index contributed by atoms with van der Waals surface area (Å²) < 4.78 is 4.68. The summed E-state index contributed by atoms with van der Waals surface area (Å²) in [5.41, 5.74) is 2.67. The van der Waals surface area contributed by atoms with E-state index in [0.717, 1.165) is 5.56 Å². The van der Waals surface area contributed by atoms with Gasteiger partial charge in [-0.15, -0.1) is 0 Å². The van der Waals surface area contributed by atoms with Crippen molar-refractivity contribution in [2.45, 2.75) is 13.8 Å². The summed E-state index contributed by atoms with van der Waals surface area (Å²) in [6.45, 7) is 3.84. The maximum absolute atomic E-state index is 11.3. The first-order valence-electron chi connectivity index (χ1n) is 4.50. The molecule has 0 amide bonds. The summed E-state index contributed by atoms with van der Waals surface area (Å²) in [7, 11) is 1.39. The summed E-state index contributed by atoms with van der Waals surface area (Å²) in [6.07, 6.45) is 1.76. The zero-order valence-electron chi connectivity index (χ0n) is 8.70. The zero-order chi connectivity index (χ0) is 10.6. The van der Waals surface area contributed by atoms with Crippen LogP contribution in [0.5, 0.6) is 0 Å². The van der Waals surface area contributed by atoms with E-state index in [-0.39, 0.29) is 5.97 Å². The lowest BCUT2D eigenvalue weighted by Crippen LogP contribution is -2.03. The van der Waals surface area contributed by atoms with E-state index in [2.05, 4.69) is 4.74 Å². The van der Waals surface area contributed by atoms with Crippen LogP contribution >= 0.6 is 0 Å². The average Bonchev–Trinajstić information content (AvgIpc) is 2.21. The van der Waals surface area contributed by atoms with Gasteiger partial charge in [-0.1, -0.05) is 35.9 Å². The van der Waals surface area contributed by atoms with Crippen molar-refractivity contribution in [1.29, 1.82) is 0 Å². The molecule has 0 spiro atoms. The molecule has 2 heteroatoms. The van der Waals surface area contributed by atoms with Gasteiger partial charge in [-0.05, 0) is 19.4 Å². The number of carbonyl (C=O) groups is 1. The smallest absolute Gasteiger partial charge is 0.338 e. The summed E-state index contributed by atoms with van der Waals surface area (Å²) in [6, 6.07) is 7.78. The number of rotatable bonds is 2. The molecule has 0 atom stereocenters. The van der Waals surface area contributed by atoms with Crippen LogP contribution in [0.2, 0.25) is 0 Å². The quantitative estimate of drug-likeness (QED) is 0.529. The van der Waals surface area contributed by atoms with Crippen molar-refractivity contribution < 1.29 is 9.53 Å². The minimum absolute atomic E-state index is 0.295. The van der Waals surface area contributed by atoms with E-state index in [1.54, 1.807) is 6.08 Å². The molecule has 74 valence electrons. The molecule has 14 heavy (non-hydrogen) atoms. The highest BCUT2D eigenvalue weighted by Gasteiger charge is 2.09. The van der Waals surface area contributed by atoms with Crippen molar-refractivity contribution >= 4 is 11.5 Å². The zero-order valence-corrected chi connectivity index (χ0v) is 8.70. The minimum atomic E-state index is -0.295. The van der Waals surface area contributed by atoms with Gasteiger partial charge >= 0.3 is 5.97 Å². The predicted molar refractivity (Wildman–Crippen MR) is 56.8 cm³/mol. The molecule has 0 saturated heterocycles. The molecule has 0 aliphatic rings. The Morgan fingerprint density at radius 1 is 1.29 bits per heavy atom. The highest BCUT2D eigenvalue weighted by Crippen LogP contribution is 2.16. The average molecular weight is 190 g/mol. The fourth-order valence-electron chi connectivity index (χ4n) is 1.25. The molecular weight excluding hydrogens is 176 g/mol. The molecule has 0 heterocycles. The maximum atomic E-state index is 11.3. The maximum Gasteiger partial charge on any atom is 0.338 e. The first-order chi connectivity index (χ1) is 6.69. The van der Waals surface area contributed by atoms with Gasteiger partial charge in [0.1, 0.15) is 0 Å². The van der Waals surface area contributed by atoms with Gasteiger partial charge in [0.15, 0.2) is 0 Å². The number of benzene rings is 1. The molecule has 1 rings (SSSR count). The Morgan fingerprint density at radius 2 is 1.86 bits per heavy atom. The Kier molecular flexibility index (Phi) is 3.46. The van der Waals surface area contributed by atoms with Gasteiger partial charge in [0, 0.05) is 0 Å². The van der Waals surface area contributed by atoms with Crippen LogP contribution in [0.1, 0.15) is 18.1 Å². The van der Waals surface area contributed by atoms with Crippen molar-refractivity contribution in [3.63, 3.8) is 0 Å². The molecule has 1 aromatic rings. The monoisotopic (exact) mass is 190 g/mol. The third-order valence-electron chi connectivity index (χ3n) is 2.06. The van der Waals surface area contributed by atoms with Crippen molar-refractivity contribution in [1.82, 2.24) is 0 Å². The summed E-state index contributed by atoms with van der Waals surface area (Å²) in [5.74, 6) is -0.295. The molecule has 0 radical (unpaired) electrons. The number of hydrogen-bond donors (Lipinski definition) is 0. The van der Waals surface area contributed by atoms with Crippen LogP contribution in [-0.2, 0) is 9.53 Å². The Labute approximate surface area is 84.2 Å². The molecule has 0 unspecified atom stereocenters. The number of esters is 1. The van der Waals surface area contributed by atoms with Crippen molar-refractivity contribution in [2.24, 2.45) is 0 Å². The Bertz CT molecular complexity index is 347. The number of aryl methyl sites for hydroxylation is 1. The number of hydrogen-bond acceptors (Lipinski definition) is 2. The summed E-state index contributed by atoms with van der Waals surface area (Å²) >= 11 is 0. The SMILES string of the molecule is C/C=C(/C(=O)OC)c1ccc(C)cc1. The second kappa shape index (κ2) is 4.61. The number of carbonyl (C=O) groups excluding carboxylic acids is 1. The first-order valence-corrected chi connectivity index (χ1v) is 4.50. The minimum Gasteiger partial charge on any atom is -0.465 e. The lowest BCUT2D eigenvalue weighted by atomic mass is 10.0. The summed E-state index contributed by atoms with van der Waals surface area (Å²) in [5, 5.41) is 0. The van der Waals surface area contributed by atoms with Gasteiger partial charge in [-0.3, -0.25) is 0 Å². The van der Waals surface area contributed by atoms with Crippen LogP contribution in [0.4, 0.5) is 0 Å². The van der Waals surface area contributed by atoms with E-state index >= 15 is 0 Å². The number of allylic oxidation sites excluding steroid dienone is 1. The van der Waals surface area contributed by atoms with E-state index in [0.29, 0.717) is 5.57 Å². The Balaban J connectivity index is 3.03. The van der Waals surface area contributed by atoms with E-state index in [9.17, 15) is 4.79 Å². The molecule has 0 fully saturated rings. The third kappa shape index (κ3) is 2.22. The van der Waals surface area contributed by atoms with Crippen LogP contribution < -0.4 is 0 Å². The molecule has 0 aromatic heterocycles. The molecule has 0 aliphatic carbocycles. The van der Waals surface area contributed by atoms with Crippen LogP contribution in [0.3, 0.4) is 0 Å². The molecular formula is C12H14O2. The normalized spacial score (nSPS) is 11.2. The highest BCUT2D eigenvalue weighted by atomic mass is 16.5. The van der Waals surface area contributed by atoms with E-state index in [1.165, 1.54) is 12.7 Å². The topological polar surface area (TPSA) is 26.3 Å². The van der Waals surface area contributed by atoms with Gasteiger partial charge in [0.05, 0.1) is 12.7 Å². The van der Waals surface area contributed by atoms with Gasteiger partial charge in [0.25, 0.3) is 0 Å². The highest BCUT2D eigenvalue weighted by molar-refractivity contribution is 6.16. The van der Waals surface area contributed by atoms with Gasteiger partial charge in [-0.25, -0.2) is 4.79 Å². The van der Waals surface area contributed by atoms with Crippen LogP contribution in [0.15, 0.2) is 30.3 Å². The largest absolute Gasteiger partial charge is 0.465 e. The standard InChI is InChI=1S/C12H14O2/c1-4-11(12(13)14-3)10-7-5-9(2)6-8-10/h4-8H,1-3H3/b11-4+. The van der Waals surface area contributed by atoms with Crippen LogP contribution in [-0.4, -0.2) is 13.1 Å². The fraction of sp³-hybridized carbons (Fsp3) is 0.250. The molecule has 2 nitrogen and oxygen atoms in total. The number of methoxy groups -OCH3 is 1. The Hall–Kier alpha value is -1.57. The van der Waals surface area contributed by atoms with E-state index < -0.39 is 0 Å². The van der Waals surface area contributed by atoms with Crippen molar-refractivity contribution in [3.05, 3.63) is 41.5 Å². The van der Waals surface area contributed by atoms with Gasteiger partial charge in [-0.2, -0.15) is 0 Å². The second-order valence-corrected chi connectivity index (χ2v) is 3.06. The van der Waals surface area contributed by atoms with Crippen molar-refractivity contribution in [2.75, 3.05) is 7.11 Å². The molecule has 0 N–H and O–H groups in total. The molecule has 0 saturated carbocycles. The van der Waals surface area contributed by atoms with Gasteiger partial charge in [0.2, 0.25) is 0 Å². The van der Waals surface area contributed by atoms with Crippen LogP contribution in [0, 0.1) is 6.92 Å². The van der Waals surface area contributed by atoms with Crippen molar-refractivity contribution in [3.8, 4) is 0 Å². The lowest BCUT2D eigenvalue weighted by molar-refractivity contribution is -0.133. The fourth-order valence-corrected chi connectivity index (χ4v) is 1.25. The lowest BCUT2D eigenvalue weighted by Gasteiger charge is -2.04. The second-order valence-electron chi connectivity index (χ2n) is 3.06. The van der Waals surface area contributed by atoms with Crippen LogP contribution in [0.25, 0.3) is 5.57 Å². The third-order valence-corrected chi connectivity index (χ3v) is 2.06.